The van der Waals surface area contributed by atoms with Crippen LogP contribution in [-0.2, 0) is 11.2 Å². The predicted octanol–water partition coefficient (Wildman–Crippen LogP) is 3.91. The number of hydrogen-bond donors (Lipinski definition) is 1. The maximum atomic E-state index is 11.8. The second-order valence-electron chi connectivity index (χ2n) is 6.37. The van der Waals surface area contributed by atoms with Gasteiger partial charge in [-0.15, -0.1) is 0 Å². The van der Waals surface area contributed by atoms with Crippen molar-refractivity contribution in [2.24, 2.45) is 0 Å². The SMILES string of the molecule is Cc1cccc(OCC(=O)NCCCc2cccc(OC(C)C)c2)c1. The van der Waals surface area contributed by atoms with Crippen LogP contribution in [0.2, 0.25) is 0 Å². The summed E-state index contributed by atoms with van der Waals surface area (Å²) in [6.07, 6.45) is 1.94. The highest BCUT2D eigenvalue weighted by atomic mass is 16.5. The van der Waals surface area contributed by atoms with Gasteiger partial charge in [0.15, 0.2) is 6.61 Å². The zero-order chi connectivity index (χ0) is 18.1. The molecule has 1 N–H and O–H groups in total. The van der Waals surface area contributed by atoms with Crippen molar-refractivity contribution in [3.05, 3.63) is 59.7 Å². The molecule has 2 aromatic carbocycles. The van der Waals surface area contributed by atoms with Crippen molar-refractivity contribution >= 4 is 5.91 Å². The highest BCUT2D eigenvalue weighted by molar-refractivity contribution is 5.77. The van der Waals surface area contributed by atoms with E-state index in [-0.39, 0.29) is 18.6 Å². The lowest BCUT2D eigenvalue weighted by Gasteiger charge is -2.11. The lowest BCUT2D eigenvalue weighted by molar-refractivity contribution is -0.123. The van der Waals surface area contributed by atoms with Crippen molar-refractivity contribution < 1.29 is 14.3 Å². The Labute approximate surface area is 150 Å². The quantitative estimate of drug-likeness (QED) is 0.704. The lowest BCUT2D eigenvalue weighted by atomic mass is 10.1. The van der Waals surface area contributed by atoms with Crippen molar-refractivity contribution in [2.75, 3.05) is 13.2 Å². The number of ether oxygens (including phenoxy) is 2. The molecule has 134 valence electrons. The third-order valence-corrected chi connectivity index (χ3v) is 3.59. The fraction of sp³-hybridized carbons (Fsp3) is 0.381. The first-order valence-electron chi connectivity index (χ1n) is 8.74. The zero-order valence-electron chi connectivity index (χ0n) is 15.2. The summed E-state index contributed by atoms with van der Waals surface area (Å²) < 4.78 is 11.2. The zero-order valence-corrected chi connectivity index (χ0v) is 15.2. The number of benzene rings is 2. The van der Waals surface area contributed by atoms with E-state index in [1.165, 1.54) is 5.56 Å². The first-order valence-corrected chi connectivity index (χ1v) is 8.74. The predicted molar refractivity (Wildman–Crippen MR) is 100 cm³/mol. The summed E-state index contributed by atoms with van der Waals surface area (Å²) in [4.78, 5) is 11.8. The summed E-state index contributed by atoms with van der Waals surface area (Å²) in [5.74, 6) is 1.51. The summed E-state index contributed by atoms with van der Waals surface area (Å²) >= 11 is 0. The van der Waals surface area contributed by atoms with E-state index in [4.69, 9.17) is 9.47 Å². The highest BCUT2D eigenvalue weighted by Crippen LogP contribution is 2.16. The van der Waals surface area contributed by atoms with Gasteiger partial charge in [-0.2, -0.15) is 0 Å². The van der Waals surface area contributed by atoms with E-state index in [2.05, 4.69) is 17.4 Å². The molecule has 0 saturated carbocycles. The molecule has 0 unspecified atom stereocenters. The maximum absolute atomic E-state index is 11.8. The Balaban J connectivity index is 1.66. The maximum Gasteiger partial charge on any atom is 0.257 e. The Hall–Kier alpha value is -2.49. The molecule has 1 amide bonds. The number of rotatable bonds is 9. The van der Waals surface area contributed by atoms with Gasteiger partial charge in [-0.05, 0) is 69.0 Å². The molecule has 25 heavy (non-hydrogen) atoms. The largest absolute Gasteiger partial charge is 0.491 e. The van der Waals surface area contributed by atoms with Crippen LogP contribution in [0.5, 0.6) is 11.5 Å². The molecule has 0 spiro atoms. The van der Waals surface area contributed by atoms with E-state index in [0.717, 1.165) is 29.9 Å². The van der Waals surface area contributed by atoms with Gasteiger partial charge in [-0.25, -0.2) is 0 Å². The van der Waals surface area contributed by atoms with Gasteiger partial charge in [-0.3, -0.25) is 4.79 Å². The van der Waals surface area contributed by atoms with Crippen LogP contribution in [0.25, 0.3) is 0 Å². The van der Waals surface area contributed by atoms with Gasteiger partial charge < -0.3 is 14.8 Å². The van der Waals surface area contributed by atoms with Gasteiger partial charge in [0.1, 0.15) is 11.5 Å². The Kier molecular flexibility index (Phi) is 7.33. The molecule has 0 fully saturated rings. The molecular weight excluding hydrogens is 314 g/mol. The van der Waals surface area contributed by atoms with Crippen LogP contribution in [-0.4, -0.2) is 25.2 Å². The van der Waals surface area contributed by atoms with E-state index in [1.54, 1.807) is 0 Å². The van der Waals surface area contributed by atoms with Crippen LogP contribution >= 0.6 is 0 Å². The van der Waals surface area contributed by atoms with Gasteiger partial charge in [-0.1, -0.05) is 24.3 Å². The normalized spacial score (nSPS) is 10.6. The highest BCUT2D eigenvalue weighted by Gasteiger charge is 2.03. The second kappa shape index (κ2) is 9.72. The molecule has 4 heteroatoms. The first kappa shape index (κ1) is 18.8. The van der Waals surface area contributed by atoms with Gasteiger partial charge >= 0.3 is 0 Å². The molecular formula is C21H27NO3. The Bertz CT molecular complexity index is 682. The molecule has 2 aromatic rings. The molecule has 0 aliphatic carbocycles. The number of carbonyl (C=O) groups excluding carboxylic acids is 1. The molecule has 0 bridgehead atoms. The van der Waals surface area contributed by atoms with Crippen molar-refractivity contribution in [2.45, 2.75) is 39.7 Å². The molecule has 0 aliphatic heterocycles. The minimum absolute atomic E-state index is 0.0428. The minimum atomic E-state index is -0.0987. The molecule has 0 aliphatic rings. The summed E-state index contributed by atoms with van der Waals surface area (Å²) in [6.45, 7) is 6.70. The van der Waals surface area contributed by atoms with Crippen LogP contribution in [0.3, 0.4) is 0 Å². The van der Waals surface area contributed by atoms with Gasteiger partial charge in [0.2, 0.25) is 0 Å². The summed E-state index contributed by atoms with van der Waals surface area (Å²) in [6, 6.07) is 15.8. The van der Waals surface area contributed by atoms with Crippen LogP contribution in [0.15, 0.2) is 48.5 Å². The number of amides is 1. The first-order chi connectivity index (χ1) is 12.0. The van der Waals surface area contributed by atoms with Crippen LogP contribution in [0.4, 0.5) is 0 Å². The van der Waals surface area contributed by atoms with E-state index in [9.17, 15) is 4.79 Å². The molecule has 2 rings (SSSR count). The number of nitrogens with one attached hydrogen (secondary N) is 1. The Morgan fingerprint density at radius 2 is 1.84 bits per heavy atom. The monoisotopic (exact) mass is 341 g/mol. The molecule has 0 aromatic heterocycles. The van der Waals surface area contributed by atoms with Crippen LogP contribution in [0.1, 0.15) is 31.4 Å². The van der Waals surface area contributed by atoms with Gasteiger partial charge in [0.05, 0.1) is 6.10 Å². The Morgan fingerprint density at radius 1 is 1.08 bits per heavy atom. The van der Waals surface area contributed by atoms with E-state index in [1.807, 2.05) is 57.2 Å². The summed E-state index contributed by atoms with van der Waals surface area (Å²) in [7, 11) is 0. The molecule has 4 nitrogen and oxygen atoms in total. The number of aryl methyl sites for hydroxylation is 2. The standard InChI is InChI=1S/C21H27NO3/c1-16(2)25-20-11-5-8-18(14-20)9-6-12-22-21(23)15-24-19-10-4-7-17(3)13-19/h4-5,7-8,10-11,13-14,16H,6,9,12,15H2,1-3H3,(H,22,23). The number of carbonyl (C=O) groups is 1. The summed E-state index contributed by atoms with van der Waals surface area (Å²) in [5.41, 5.74) is 2.32. The van der Waals surface area contributed by atoms with E-state index < -0.39 is 0 Å². The molecule has 0 saturated heterocycles. The van der Waals surface area contributed by atoms with Crippen molar-refractivity contribution in [3.8, 4) is 11.5 Å². The average molecular weight is 341 g/mol. The Morgan fingerprint density at radius 3 is 2.60 bits per heavy atom. The summed E-state index contributed by atoms with van der Waals surface area (Å²) in [5, 5.41) is 2.89. The van der Waals surface area contributed by atoms with Gasteiger partial charge in [0.25, 0.3) is 5.91 Å². The smallest absolute Gasteiger partial charge is 0.257 e. The number of hydrogen-bond acceptors (Lipinski definition) is 3. The third-order valence-electron chi connectivity index (χ3n) is 3.59. The fourth-order valence-corrected chi connectivity index (χ4v) is 2.47. The van der Waals surface area contributed by atoms with E-state index >= 15 is 0 Å². The van der Waals surface area contributed by atoms with E-state index in [0.29, 0.717) is 6.54 Å². The fourth-order valence-electron chi connectivity index (χ4n) is 2.47. The minimum Gasteiger partial charge on any atom is -0.491 e. The van der Waals surface area contributed by atoms with Crippen molar-refractivity contribution in [1.82, 2.24) is 5.32 Å². The topological polar surface area (TPSA) is 47.6 Å². The van der Waals surface area contributed by atoms with Crippen LogP contribution < -0.4 is 14.8 Å². The van der Waals surface area contributed by atoms with Crippen LogP contribution in [0, 0.1) is 6.92 Å². The lowest BCUT2D eigenvalue weighted by Crippen LogP contribution is -2.29. The van der Waals surface area contributed by atoms with Crippen molar-refractivity contribution in [3.63, 3.8) is 0 Å². The second-order valence-corrected chi connectivity index (χ2v) is 6.37. The van der Waals surface area contributed by atoms with Crippen molar-refractivity contribution in [1.29, 1.82) is 0 Å². The third kappa shape index (κ3) is 7.29. The molecule has 0 atom stereocenters. The molecule has 0 radical (unpaired) electrons. The molecule has 0 heterocycles. The van der Waals surface area contributed by atoms with Gasteiger partial charge in [0, 0.05) is 6.54 Å². The average Bonchev–Trinajstić information content (AvgIpc) is 2.57.